The van der Waals surface area contributed by atoms with E-state index < -0.39 is 42.3 Å². The minimum Gasteiger partial charge on any atom is -0.443 e. The molecular weight excluding hydrogens is 344 g/mol. The van der Waals surface area contributed by atoms with Crippen molar-refractivity contribution in [1.29, 1.82) is 0 Å². The van der Waals surface area contributed by atoms with E-state index in [1.807, 2.05) is 0 Å². The van der Waals surface area contributed by atoms with E-state index in [0.717, 1.165) is 5.01 Å². The summed E-state index contributed by atoms with van der Waals surface area (Å²) >= 11 is 0. The Morgan fingerprint density at radius 2 is 1.46 bits per heavy atom. The quantitative estimate of drug-likeness (QED) is 0.517. The summed E-state index contributed by atoms with van der Waals surface area (Å²) < 4.78 is 20.7. The van der Waals surface area contributed by atoms with Gasteiger partial charge in [0.05, 0.1) is 12.6 Å². The van der Waals surface area contributed by atoms with Gasteiger partial charge in [-0.25, -0.2) is 20.0 Å². The number of carbonyl (C=O) groups is 2. The lowest BCUT2D eigenvalue weighted by Crippen LogP contribution is -2.55. The molecule has 0 saturated carbocycles. The summed E-state index contributed by atoms with van der Waals surface area (Å²) in [6.45, 7) is 9.83. The fraction of sp³-hybridized carbons (Fsp3) is 0.882. The summed E-state index contributed by atoms with van der Waals surface area (Å²) in [5, 5.41) is 10.7. The van der Waals surface area contributed by atoms with Gasteiger partial charge in [-0.05, 0) is 48.0 Å². The number of nitrogens with one attached hydrogen (secondary N) is 1. The third-order valence-corrected chi connectivity index (χ3v) is 3.04. The fourth-order valence-electron chi connectivity index (χ4n) is 1.96. The van der Waals surface area contributed by atoms with Crippen molar-refractivity contribution >= 4 is 12.2 Å². The van der Waals surface area contributed by atoms with Gasteiger partial charge in [0.1, 0.15) is 11.2 Å². The maximum absolute atomic E-state index is 12.5. The van der Waals surface area contributed by atoms with Crippen LogP contribution in [0.25, 0.3) is 0 Å². The van der Waals surface area contributed by atoms with E-state index in [4.69, 9.17) is 18.9 Å². The first-order chi connectivity index (χ1) is 11.8. The van der Waals surface area contributed by atoms with Gasteiger partial charge in [0.25, 0.3) is 0 Å². The van der Waals surface area contributed by atoms with Crippen molar-refractivity contribution in [2.75, 3.05) is 20.8 Å². The smallest absolute Gasteiger partial charge is 0.429 e. The summed E-state index contributed by atoms with van der Waals surface area (Å²) in [5.41, 5.74) is 0.851. The van der Waals surface area contributed by atoms with E-state index in [2.05, 4.69) is 5.43 Å². The largest absolute Gasteiger partial charge is 0.443 e. The van der Waals surface area contributed by atoms with Crippen LogP contribution in [0.2, 0.25) is 0 Å². The molecular formula is C17H34N2O7. The Labute approximate surface area is 155 Å². The highest BCUT2D eigenvalue weighted by atomic mass is 16.7. The van der Waals surface area contributed by atoms with Gasteiger partial charge in [-0.2, -0.15) is 0 Å². The Balaban J connectivity index is 5.25. The summed E-state index contributed by atoms with van der Waals surface area (Å²) in [6.07, 6.45) is -1.41. The first-order valence-corrected chi connectivity index (χ1v) is 8.51. The van der Waals surface area contributed by atoms with Crippen LogP contribution in [0.1, 0.15) is 54.4 Å². The zero-order valence-corrected chi connectivity index (χ0v) is 17.1. The molecule has 0 unspecified atom stereocenters. The van der Waals surface area contributed by atoms with Gasteiger partial charge in [-0.3, -0.25) is 0 Å². The van der Waals surface area contributed by atoms with E-state index in [1.54, 1.807) is 41.5 Å². The maximum Gasteiger partial charge on any atom is 0.429 e. The number of methoxy groups -OCH3 is 2. The average Bonchev–Trinajstić information content (AvgIpc) is 2.46. The van der Waals surface area contributed by atoms with Crippen LogP contribution in [0.3, 0.4) is 0 Å². The van der Waals surface area contributed by atoms with Crippen molar-refractivity contribution in [3.8, 4) is 0 Å². The Kier molecular flexibility index (Phi) is 9.90. The summed E-state index contributed by atoms with van der Waals surface area (Å²) in [6, 6.07) is -0.745. The lowest BCUT2D eigenvalue weighted by Gasteiger charge is -2.33. The van der Waals surface area contributed by atoms with Gasteiger partial charge in [-0.1, -0.05) is 0 Å². The minimum absolute atomic E-state index is 0.303. The Bertz CT molecular complexity index is 439. The number of aliphatic hydroxyl groups is 1. The molecule has 0 aliphatic heterocycles. The topological polar surface area (TPSA) is 107 Å². The second-order valence-corrected chi connectivity index (χ2v) is 7.78. The molecule has 0 rings (SSSR count). The van der Waals surface area contributed by atoms with Gasteiger partial charge in [0.15, 0.2) is 6.29 Å². The van der Waals surface area contributed by atoms with Crippen LogP contribution in [0.4, 0.5) is 9.59 Å². The molecule has 0 bridgehead atoms. The van der Waals surface area contributed by atoms with Crippen molar-refractivity contribution in [3.05, 3.63) is 0 Å². The van der Waals surface area contributed by atoms with Gasteiger partial charge in [0.2, 0.25) is 0 Å². The molecule has 0 aromatic carbocycles. The predicted molar refractivity (Wildman–Crippen MR) is 95.4 cm³/mol. The highest BCUT2D eigenvalue weighted by Crippen LogP contribution is 2.15. The number of hydrogen-bond donors (Lipinski definition) is 2. The standard InChI is InChI=1S/C17H34N2O7/c1-16(2,3)25-14(21)18-19(15(22)26-17(4,5)6)12(11-20)9-10-13(23-7)24-8/h12-13,20H,9-11H2,1-8H3,(H,18,21)/t12-/m1/s1. The Morgan fingerprint density at radius 1 is 0.962 bits per heavy atom. The molecule has 0 aliphatic carbocycles. The fourth-order valence-corrected chi connectivity index (χ4v) is 1.96. The highest BCUT2D eigenvalue weighted by Gasteiger charge is 2.31. The molecule has 0 spiro atoms. The number of amides is 2. The molecule has 0 aromatic rings. The van der Waals surface area contributed by atoms with Gasteiger partial charge >= 0.3 is 12.2 Å². The molecule has 0 saturated heterocycles. The molecule has 0 aromatic heterocycles. The van der Waals surface area contributed by atoms with Crippen LogP contribution < -0.4 is 5.43 Å². The van der Waals surface area contributed by atoms with E-state index in [9.17, 15) is 14.7 Å². The predicted octanol–water partition coefficient (Wildman–Crippen LogP) is 2.42. The number of aliphatic hydroxyl groups excluding tert-OH is 1. The molecule has 9 nitrogen and oxygen atoms in total. The van der Waals surface area contributed by atoms with E-state index in [0.29, 0.717) is 12.8 Å². The van der Waals surface area contributed by atoms with Crippen molar-refractivity contribution in [3.63, 3.8) is 0 Å². The first-order valence-electron chi connectivity index (χ1n) is 8.51. The first kappa shape index (κ1) is 24.4. The zero-order valence-electron chi connectivity index (χ0n) is 17.1. The van der Waals surface area contributed by atoms with Crippen LogP contribution in [-0.4, -0.2) is 66.7 Å². The van der Waals surface area contributed by atoms with Crippen LogP contribution in [0, 0.1) is 0 Å². The van der Waals surface area contributed by atoms with Crippen LogP contribution in [0.15, 0.2) is 0 Å². The van der Waals surface area contributed by atoms with Crippen LogP contribution in [0.5, 0.6) is 0 Å². The molecule has 1 atom stereocenters. The van der Waals surface area contributed by atoms with Gasteiger partial charge in [0, 0.05) is 20.6 Å². The van der Waals surface area contributed by atoms with Gasteiger partial charge < -0.3 is 24.1 Å². The van der Waals surface area contributed by atoms with Crippen molar-refractivity contribution in [1.82, 2.24) is 10.4 Å². The number of ether oxygens (including phenoxy) is 4. The second-order valence-electron chi connectivity index (χ2n) is 7.78. The molecule has 2 N–H and O–H groups in total. The van der Waals surface area contributed by atoms with E-state index >= 15 is 0 Å². The third-order valence-electron chi connectivity index (χ3n) is 3.04. The zero-order chi connectivity index (χ0) is 20.5. The van der Waals surface area contributed by atoms with E-state index in [1.165, 1.54) is 14.2 Å². The number of nitrogens with zero attached hydrogens (tertiary/aromatic N) is 1. The molecule has 154 valence electrons. The third kappa shape index (κ3) is 10.4. The van der Waals surface area contributed by atoms with Crippen molar-refractivity contribution in [2.45, 2.75) is 77.9 Å². The van der Waals surface area contributed by atoms with Gasteiger partial charge in [-0.15, -0.1) is 0 Å². The Morgan fingerprint density at radius 3 is 1.85 bits per heavy atom. The van der Waals surface area contributed by atoms with Crippen LogP contribution >= 0.6 is 0 Å². The van der Waals surface area contributed by atoms with Crippen molar-refractivity contribution in [2.24, 2.45) is 0 Å². The normalized spacial score (nSPS) is 13.3. The summed E-state index contributed by atoms with van der Waals surface area (Å²) in [7, 11) is 2.99. The number of carbonyl (C=O) groups excluding carboxylic acids is 2. The highest BCUT2D eigenvalue weighted by molar-refractivity contribution is 5.74. The van der Waals surface area contributed by atoms with Crippen LogP contribution in [-0.2, 0) is 18.9 Å². The number of rotatable bonds is 7. The molecule has 0 heterocycles. The number of hydrazine groups is 1. The molecule has 0 aliphatic rings. The average molecular weight is 378 g/mol. The summed E-state index contributed by atoms with van der Waals surface area (Å²) in [4.78, 5) is 24.6. The maximum atomic E-state index is 12.5. The van der Waals surface area contributed by atoms with Crippen molar-refractivity contribution < 1.29 is 33.6 Å². The molecule has 0 fully saturated rings. The molecule has 0 radical (unpaired) electrons. The molecule has 9 heteroatoms. The Hall–Kier alpha value is -1.58. The SMILES string of the molecule is COC(CC[C@H](CO)N(NC(=O)OC(C)(C)C)C(=O)OC(C)(C)C)OC. The minimum atomic E-state index is -0.822. The monoisotopic (exact) mass is 378 g/mol. The summed E-state index contributed by atoms with van der Waals surface area (Å²) in [5.74, 6) is 0. The second kappa shape index (κ2) is 10.5. The molecule has 26 heavy (non-hydrogen) atoms. The lowest BCUT2D eigenvalue weighted by atomic mass is 10.1. The van der Waals surface area contributed by atoms with E-state index in [-0.39, 0.29) is 0 Å². The lowest BCUT2D eigenvalue weighted by molar-refractivity contribution is -0.111. The number of hydrogen-bond acceptors (Lipinski definition) is 7. The molecule has 2 amide bonds.